The molecular formula is C13H16BrNO3. The molecule has 0 aromatic heterocycles. The third-order valence-electron chi connectivity index (χ3n) is 3.13. The number of halogens is 1. The molecule has 0 bridgehead atoms. The van der Waals surface area contributed by atoms with Crippen LogP contribution in [-0.2, 0) is 5.41 Å². The molecule has 0 aliphatic carbocycles. The maximum Gasteiger partial charge on any atom is 0.251 e. The van der Waals surface area contributed by atoms with Crippen molar-refractivity contribution in [1.29, 1.82) is 0 Å². The Labute approximate surface area is 115 Å². The van der Waals surface area contributed by atoms with Gasteiger partial charge in [0.15, 0.2) is 0 Å². The van der Waals surface area contributed by atoms with E-state index in [-0.39, 0.29) is 11.3 Å². The lowest BCUT2D eigenvalue weighted by Gasteiger charge is -2.19. The summed E-state index contributed by atoms with van der Waals surface area (Å²) in [6.07, 6.45) is 0. The number of hydrogen-bond acceptors (Lipinski definition) is 3. The minimum Gasteiger partial charge on any atom is -0.495 e. The zero-order valence-electron chi connectivity index (χ0n) is 10.9. The van der Waals surface area contributed by atoms with Crippen LogP contribution in [-0.4, -0.2) is 26.7 Å². The first kappa shape index (κ1) is 13.2. The Morgan fingerprint density at radius 1 is 1.56 bits per heavy atom. The second-order valence-corrected chi connectivity index (χ2v) is 5.69. The molecule has 1 N–H and O–H groups in total. The predicted octanol–water partition coefficient (Wildman–Crippen LogP) is 2.49. The fraction of sp³-hybridized carbons (Fsp3) is 0.462. The fourth-order valence-corrected chi connectivity index (χ4v) is 2.79. The molecule has 1 aliphatic heterocycles. The van der Waals surface area contributed by atoms with Gasteiger partial charge in [-0.3, -0.25) is 4.79 Å². The molecule has 0 saturated carbocycles. The number of amides is 1. The van der Waals surface area contributed by atoms with Crippen molar-refractivity contribution in [3.63, 3.8) is 0 Å². The summed E-state index contributed by atoms with van der Waals surface area (Å²) in [5, 5.41) is 2.65. The van der Waals surface area contributed by atoms with Crippen molar-refractivity contribution < 1.29 is 14.3 Å². The summed E-state index contributed by atoms with van der Waals surface area (Å²) >= 11 is 3.47. The van der Waals surface area contributed by atoms with E-state index in [0.29, 0.717) is 23.7 Å². The van der Waals surface area contributed by atoms with Crippen molar-refractivity contribution in [2.45, 2.75) is 19.3 Å². The Balaban J connectivity index is 2.74. The first-order chi connectivity index (χ1) is 8.42. The standard InChI is InChI=1S/C13H16BrNO3/c1-13(2)6-18-11-9(13)7(12(16)15-3)5-8(17-4)10(11)14/h5H,6H2,1-4H3,(H,15,16). The lowest BCUT2D eigenvalue weighted by atomic mass is 9.83. The highest BCUT2D eigenvalue weighted by Gasteiger charge is 2.38. The fourth-order valence-electron chi connectivity index (χ4n) is 2.21. The molecule has 1 heterocycles. The van der Waals surface area contributed by atoms with Crippen LogP contribution in [0.15, 0.2) is 10.5 Å². The van der Waals surface area contributed by atoms with Crippen LogP contribution in [0.1, 0.15) is 29.8 Å². The highest BCUT2D eigenvalue weighted by Crippen LogP contribution is 2.48. The Morgan fingerprint density at radius 3 is 2.78 bits per heavy atom. The van der Waals surface area contributed by atoms with Gasteiger partial charge >= 0.3 is 0 Å². The largest absolute Gasteiger partial charge is 0.495 e. The summed E-state index contributed by atoms with van der Waals surface area (Å²) in [5.74, 6) is 1.18. The molecule has 5 heteroatoms. The van der Waals surface area contributed by atoms with Crippen LogP contribution in [0.2, 0.25) is 0 Å². The number of carbonyl (C=O) groups excluding carboxylic acids is 1. The SMILES string of the molecule is CNC(=O)c1cc(OC)c(Br)c2c1C(C)(C)CO2. The van der Waals surface area contributed by atoms with E-state index in [4.69, 9.17) is 9.47 Å². The summed E-state index contributed by atoms with van der Waals surface area (Å²) in [6.45, 7) is 4.67. The van der Waals surface area contributed by atoms with Crippen LogP contribution >= 0.6 is 15.9 Å². The van der Waals surface area contributed by atoms with E-state index in [1.807, 2.05) is 0 Å². The number of rotatable bonds is 2. The third kappa shape index (κ3) is 1.86. The van der Waals surface area contributed by atoms with Crippen molar-refractivity contribution >= 4 is 21.8 Å². The number of hydrogen-bond donors (Lipinski definition) is 1. The zero-order chi connectivity index (χ0) is 13.5. The molecule has 0 unspecified atom stereocenters. The molecule has 1 aromatic rings. The highest BCUT2D eigenvalue weighted by molar-refractivity contribution is 9.10. The van der Waals surface area contributed by atoms with Crippen molar-refractivity contribution in [2.24, 2.45) is 0 Å². The number of carbonyl (C=O) groups is 1. The minimum atomic E-state index is -0.189. The van der Waals surface area contributed by atoms with Crippen LogP contribution in [0, 0.1) is 0 Å². The van der Waals surface area contributed by atoms with Crippen molar-refractivity contribution in [3.05, 3.63) is 21.7 Å². The molecule has 1 aromatic carbocycles. The van der Waals surface area contributed by atoms with Gasteiger partial charge < -0.3 is 14.8 Å². The van der Waals surface area contributed by atoms with Crippen LogP contribution in [0.5, 0.6) is 11.5 Å². The van der Waals surface area contributed by atoms with Crippen LogP contribution < -0.4 is 14.8 Å². The average molecular weight is 314 g/mol. The van der Waals surface area contributed by atoms with Crippen LogP contribution in [0.25, 0.3) is 0 Å². The monoisotopic (exact) mass is 313 g/mol. The van der Waals surface area contributed by atoms with E-state index in [1.54, 1.807) is 20.2 Å². The lowest BCUT2D eigenvalue weighted by Crippen LogP contribution is -2.25. The summed E-state index contributed by atoms with van der Waals surface area (Å²) in [7, 11) is 3.19. The molecule has 0 radical (unpaired) electrons. The molecule has 0 atom stereocenters. The van der Waals surface area contributed by atoms with E-state index < -0.39 is 0 Å². The summed E-state index contributed by atoms with van der Waals surface area (Å²) in [4.78, 5) is 12.0. The second kappa shape index (κ2) is 4.46. The predicted molar refractivity (Wildman–Crippen MR) is 72.6 cm³/mol. The number of nitrogens with one attached hydrogen (secondary N) is 1. The Morgan fingerprint density at radius 2 is 2.22 bits per heavy atom. The molecular weight excluding hydrogens is 298 g/mol. The van der Waals surface area contributed by atoms with Crippen molar-refractivity contribution in [1.82, 2.24) is 5.32 Å². The quantitative estimate of drug-likeness (QED) is 0.912. The summed E-state index contributed by atoms with van der Waals surface area (Å²) in [5.41, 5.74) is 1.34. The summed E-state index contributed by atoms with van der Waals surface area (Å²) < 4.78 is 11.7. The van der Waals surface area contributed by atoms with Gasteiger partial charge in [0.2, 0.25) is 0 Å². The van der Waals surface area contributed by atoms with Gasteiger partial charge in [-0.05, 0) is 22.0 Å². The molecule has 0 spiro atoms. The van der Waals surface area contributed by atoms with Gasteiger partial charge in [-0.1, -0.05) is 13.8 Å². The van der Waals surface area contributed by atoms with Gasteiger partial charge in [0, 0.05) is 18.0 Å². The first-order valence-electron chi connectivity index (χ1n) is 5.68. The molecule has 18 heavy (non-hydrogen) atoms. The van der Waals surface area contributed by atoms with Gasteiger partial charge in [-0.25, -0.2) is 0 Å². The van der Waals surface area contributed by atoms with Gasteiger partial charge in [0.25, 0.3) is 5.91 Å². The zero-order valence-corrected chi connectivity index (χ0v) is 12.5. The van der Waals surface area contributed by atoms with E-state index >= 15 is 0 Å². The molecule has 2 rings (SSSR count). The highest BCUT2D eigenvalue weighted by atomic mass is 79.9. The maximum atomic E-state index is 12.0. The number of ether oxygens (including phenoxy) is 2. The Bertz CT molecular complexity index is 511. The van der Waals surface area contributed by atoms with Crippen molar-refractivity contribution in [3.8, 4) is 11.5 Å². The van der Waals surface area contributed by atoms with E-state index in [9.17, 15) is 4.79 Å². The molecule has 0 saturated heterocycles. The topological polar surface area (TPSA) is 47.6 Å². The molecule has 1 aliphatic rings. The van der Waals surface area contributed by atoms with E-state index in [0.717, 1.165) is 10.0 Å². The molecule has 98 valence electrons. The van der Waals surface area contributed by atoms with Gasteiger partial charge in [0.1, 0.15) is 16.0 Å². The summed E-state index contributed by atoms with van der Waals surface area (Å²) in [6, 6.07) is 1.75. The maximum absolute atomic E-state index is 12.0. The van der Waals surface area contributed by atoms with Gasteiger partial charge in [-0.2, -0.15) is 0 Å². The number of methoxy groups -OCH3 is 1. The second-order valence-electron chi connectivity index (χ2n) is 4.90. The minimum absolute atomic E-state index is 0.129. The number of benzene rings is 1. The van der Waals surface area contributed by atoms with Gasteiger partial charge in [0.05, 0.1) is 19.3 Å². The normalized spacial score (nSPS) is 15.8. The smallest absolute Gasteiger partial charge is 0.251 e. The Kier molecular flexibility index (Phi) is 3.27. The molecule has 1 amide bonds. The number of fused-ring (bicyclic) bond motifs is 1. The van der Waals surface area contributed by atoms with E-state index in [2.05, 4.69) is 35.1 Å². The lowest BCUT2D eigenvalue weighted by molar-refractivity contribution is 0.0960. The average Bonchev–Trinajstić information content (AvgIpc) is 2.66. The molecule has 0 fully saturated rings. The molecule has 4 nitrogen and oxygen atoms in total. The van der Waals surface area contributed by atoms with Crippen molar-refractivity contribution in [2.75, 3.05) is 20.8 Å². The van der Waals surface area contributed by atoms with E-state index in [1.165, 1.54) is 0 Å². The Hall–Kier alpha value is -1.23. The third-order valence-corrected chi connectivity index (χ3v) is 3.88. The van der Waals surface area contributed by atoms with Gasteiger partial charge in [-0.15, -0.1) is 0 Å². The van der Waals surface area contributed by atoms with Crippen LogP contribution in [0.4, 0.5) is 0 Å². The van der Waals surface area contributed by atoms with Crippen LogP contribution in [0.3, 0.4) is 0 Å². The first-order valence-corrected chi connectivity index (χ1v) is 6.47.